The van der Waals surface area contributed by atoms with Gasteiger partial charge in [0.25, 0.3) is 5.95 Å². The minimum Gasteiger partial charge on any atom is -0.343 e. The van der Waals surface area contributed by atoms with Crippen LogP contribution in [-0.4, -0.2) is 131 Å². The van der Waals surface area contributed by atoms with E-state index in [-0.39, 0.29) is 48.4 Å². The first-order valence-electron chi connectivity index (χ1n) is 37.1. The summed E-state index contributed by atoms with van der Waals surface area (Å²) in [6, 6.07) is 33.2. The smallest absolute Gasteiger partial charge is 0.266 e. The molecule has 0 atom stereocenters. The van der Waals surface area contributed by atoms with E-state index in [0.717, 1.165) is 162 Å². The van der Waals surface area contributed by atoms with Crippen LogP contribution in [0.15, 0.2) is 216 Å². The van der Waals surface area contributed by atoms with Crippen molar-refractivity contribution in [3.05, 3.63) is 317 Å². The molecule has 0 fully saturated rings. The number of benzene rings is 5. The first-order valence-corrected chi connectivity index (χ1v) is 39.8. The van der Waals surface area contributed by atoms with Crippen LogP contribution >= 0.6 is 34.0 Å². The predicted octanol–water partition coefficient (Wildman–Crippen LogP) is 17.5. The Bertz CT molecular complexity index is 5370. The Labute approximate surface area is 672 Å². The van der Waals surface area contributed by atoms with Gasteiger partial charge in [-0.2, -0.15) is 4.80 Å². The molecule has 5 aromatic carbocycles. The summed E-state index contributed by atoms with van der Waals surface area (Å²) in [4.78, 5) is 89.1. The number of aryl methyl sites for hydroxylation is 1. The zero-order valence-corrected chi connectivity index (χ0v) is 66.1. The number of thiazole rings is 3. The van der Waals surface area contributed by atoms with Gasteiger partial charge in [0.1, 0.15) is 23.3 Å². The van der Waals surface area contributed by atoms with Crippen LogP contribution in [-0.2, 0) is 32.7 Å². The summed E-state index contributed by atoms with van der Waals surface area (Å²) in [5, 5.41) is 21.3. The fourth-order valence-corrected chi connectivity index (χ4v) is 15.8. The van der Waals surface area contributed by atoms with Crippen molar-refractivity contribution in [1.29, 1.82) is 0 Å². The number of anilines is 4. The van der Waals surface area contributed by atoms with Gasteiger partial charge in [-0.3, -0.25) is 39.1 Å². The normalized spacial score (nSPS) is 14.4. The standard InChI is InChI=1S/C23H20F2N2OS.C22H20FN3OS.C21H18F2N4OS.C21H21FN6O/c1-15-9-11-27(23-26-10-12-29-23)14-18(15)17-7-5-16(6-8-17)13-21(28)22-19(24)3-2-4-20(22)25;1-15-7-10-26(22-25-9-11-28-22)14-19(15)17-4-2-16(3-5-17)12-21(27)18-6-8-24-13-20(18)23;1-13-5-7-27(21-24-6-8-29-21)12-15(13)18-11-25-14(10-26-18)9-19(28)20-16(22)3-2-4-17(20)23;1-14-8-10-28(21-24-26-27(2)25-21)13-18(14)16-5-3-15(4-6-16)11-20(29)17-7-9-23-12-19(17)22/h2-8,10,12H,9,11,13-14H2,1H3;2-6,8-9,11,13H,7,10,12,14H2,1H3;2-4,6,8,10-11H,5,7,9,12H2,1H3;3-7,9,12H,8,10-11,13H2,1-2H3. The molecule has 0 amide bonds. The molecule has 7 aromatic heterocycles. The van der Waals surface area contributed by atoms with Gasteiger partial charge < -0.3 is 19.6 Å². The Morgan fingerprint density at radius 2 is 0.748 bits per heavy atom. The average Bonchev–Trinajstić information content (AvgIpc) is 1.74. The van der Waals surface area contributed by atoms with Crippen molar-refractivity contribution >= 4 is 101 Å². The molecule has 0 saturated heterocycles. The van der Waals surface area contributed by atoms with E-state index in [1.165, 1.54) is 86.7 Å². The summed E-state index contributed by atoms with van der Waals surface area (Å²) in [5.74, 6) is -5.64. The second kappa shape index (κ2) is 37.7. The van der Waals surface area contributed by atoms with Crippen LogP contribution in [0.25, 0.3) is 22.3 Å². The molecular weight excluding hydrogens is 1530 g/mol. The maximum atomic E-state index is 13.8. The highest BCUT2D eigenvalue weighted by Gasteiger charge is 2.27. The maximum Gasteiger partial charge on any atom is 0.266 e. The van der Waals surface area contributed by atoms with E-state index in [1.54, 1.807) is 53.5 Å². The first kappa shape index (κ1) is 80.9. The summed E-state index contributed by atoms with van der Waals surface area (Å²) >= 11 is 4.88. The molecular formula is C87H79F6N15O4S3. The number of halogens is 6. The Kier molecular flexibility index (Phi) is 26.5. The number of carbonyl (C=O) groups is 4. The van der Waals surface area contributed by atoms with E-state index in [0.29, 0.717) is 24.7 Å². The highest BCUT2D eigenvalue weighted by atomic mass is 32.1. The zero-order chi connectivity index (χ0) is 80.7. The fraction of sp³-hybridized carbons (Fsp3) is 0.241. The van der Waals surface area contributed by atoms with Crippen LogP contribution in [0, 0.1) is 34.9 Å². The number of hydrogen-bond donors (Lipinski definition) is 0. The lowest BCUT2D eigenvalue weighted by Gasteiger charge is -2.30. The van der Waals surface area contributed by atoms with Gasteiger partial charge in [-0.05, 0) is 151 Å². The molecule has 19 nitrogen and oxygen atoms in total. The summed E-state index contributed by atoms with van der Waals surface area (Å²) in [6.07, 6.45) is 17.4. The lowest BCUT2D eigenvalue weighted by Crippen LogP contribution is -2.31. The largest absolute Gasteiger partial charge is 0.343 e. The van der Waals surface area contributed by atoms with Gasteiger partial charge in [0.15, 0.2) is 50.2 Å². The third-order valence-electron chi connectivity index (χ3n) is 20.3. The van der Waals surface area contributed by atoms with E-state index in [9.17, 15) is 45.5 Å². The number of rotatable bonds is 20. The van der Waals surface area contributed by atoms with Gasteiger partial charge in [0.05, 0.1) is 65.7 Å². The molecule has 0 aliphatic carbocycles. The Morgan fingerprint density at radius 3 is 1.10 bits per heavy atom. The van der Waals surface area contributed by atoms with Crippen molar-refractivity contribution < 1.29 is 45.5 Å². The minimum absolute atomic E-state index is 0.0403. The zero-order valence-electron chi connectivity index (χ0n) is 63.6. The number of aromatic nitrogens is 11. The summed E-state index contributed by atoms with van der Waals surface area (Å²) in [7, 11) is 1.75. The lowest BCUT2D eigenvalue weighted by molar-refractivity contribution is 0.0975. The molecule has 0 radical (unpaired) electrons. The average molecular weight is 1610 g/mol. The number of Topliss-reactive ketones (excluding diaryl/α,β-unsaturated/α-hetero) is 4. The molecule has 0 bridgehead atoms. The summed E-state index contributed by atoms with van der Waals surface area (Å²) < 4.78 is 82.8. The van der Waals surface area contributed by atoms with Gasteiger partial charge in [-0.15, -0.1) is 39.1 Å². The van der Waals surface area contributed by atoms with Crippen molar-refractivity contribution in [3.8, 4) is 0 Å². The molecule has 12 aromatic rings. The van der Waals surface area contributed by atoms with E-state index < -0.39 is 57.6 Å². The Balaban J connectivity index is 0.000000134. The second-order valence-corrected chi connectivity index (χ2v) is 30.7. The number of tetrazole rings is 1. The highest BCUT2D eigenvalue weighted by Crippen LogP contribution is 2.35. The number of pyridine rings is 2. The topological polar surface area (TPSA) is 215 Å². The third kappa shape index (κ3) is 20.3. The molecule has 0 unspecified atom stereocenters. The van der Waals surface area contributed by atoms with Gasteiger partial charge >= 0.3 is 0 Å². The first-order chi connectivity index (χ1) is 55.7. The van der Waals surface area contributed by atoms with Gasteiger partial charge in [0, 0.05) is 125 Å². The lowest BCUT2D eigenvalue weighted by atomic mass is 9.93. The minimum atomic E-state index is -0.871. The molecule has 16 rings (SSSR count). The highest BCUT2D eigenvalue weighted by molar-refractivity contribution is 7.14. The van der Waals surface area contributed by atoms with Crippen LogP contribution in [0.5, 0.6) is 0 Å². The number of carbonyl (C=O) groups excluding carboxylic acids is 4. The molecule has 4 aliphatic heterocycles. The quantitative estimate of drug-likeness (QED) is 0.0512. The Morgan fingerprint density at radius 1 is 0.383 bits per heavy atom. The van der Waals surface area contributed by atoms with Crippen LogP contribution in [0.2, 0.25) is 0 Å². The summed E-state index contributed by atoms with van der Waals surface area (Å²) in [5.41, 5.74) is 16.2. The monoisotopic (exact) mass is 1610 g/mol. The van der Waals surface area contributed by atoms with Crippen LogP contribution in [0.1, 0.15) is 140 Å². The molecule has 0 spiro atoms. The SMILES string of the molecule is CC1=C(c2ccc(CC(=O)c3c(F)cccc3F)cc2)CN(c2nccs2)CC1.CC1=C(c2ccc(CC(=O)c3ccncc3F)cc2)CN(c2nccs2)CC1.CC1=C(c2ccc(CC(=O)c3ccncc3F)cc2)CN(c2nnn(C)n2)CC1.CC1=C(c2cnc(CC(=O)c3c(F)cccc3F)cn2)CN(c2nccs2)CC1. The van der Waals surface area contributed by atoms with E-state index in [4.69, 9.17) is 0 Å². The molecule has 586 valence electrons. The molecule has 0 N–H and O–H groups in total. The van der Waals surface area contributed by atoms with Crippen molar-refractivity contribution in [2.75, 3.05) is 72.0 Å². The molecule has 115 heavy (non-hydrogen) atoms. The Hall–Kier alpha value is -12.1. The van der Waals surface area contributed by atoms with Crippen LogP contribution in [0.4, 0.5) is 47.7 Å². The molecule has 28 heteroatoms. The second-order valence-electron chi connectivity index (χ2n) is 28.0. The number of ketones is 4. The van der Waals surface area contributed by atoms with Crippen LogP contribution in [0.3, 0.4) is 0 Å². The maximum absolute atomic E-state index is 13.8. The van der Waals surface area contributed by atoms with Crippen molar-refractivity contribution in [2.45, 2.75) is 79.1 Å². The number of hydrogen-bond acceptors (Lipinski definition) is 21. The van der Waals surface area contributed by atoms with Gasteiger partial charge in [-0.25, -0.2) is 41.3 Å². The van der Waals surface area contributed by atoms with E-state index >= 15 is 0 Å². The van der Waals surface area contributed by atoms with E-state index in [2.05, 4.69) is 110 Å². The number of nitrogens with zero attached hydrogens (tertiary/aromatic N) is 15. The van der Waals surface area contributed by atoms with Crippen molar-refractivity contribution in [1.82, 2.24) is 55.1 Å². The third-order valence-corrected chi connectivity index (χ3v) is 22.8. The van der Waals surface area contributed by atoms with Crippen molar-refractivity contribution in [3.63, 3.8) is 0 Å². The van der Waals surface area contributed by atoms with E-state index in [1.807, 2.05) is 89.2 Å². The fourth-order valence-electron chi connectivity index (χ4n) is 13.8. The van der Waals surface area contributed by atoms with Gasteiger partial charge in [-0.1, -0.05) is 112 Å². The molecule has 4 aliphatic rings. The molecule has 11 heterocycles. The van der Waals surface area contributed by atoms with Crippen molar-refractivity contribution in [2.24, 2.45) is 7.05 Å². The summed E-state index contributed by atoms with van der Waals surface area (Å²) in [6.45, 7) is 15.2. The molecule has 0 saturated carbocycles. The predicted molar refractivity (Wildman–Crippen MR) is 437 cm³/mol. The van der Waals surface area contributed by atoms with Crippen LogP contribution < -0.4 is 19.6 Å². The van der Waals surface area contributed by atoms with Gasteiger partial charge in [0.2, 0.25) is 0 Å².